The van der Waals surface area contributed by atoms with Gasteiger partial charge in [0.05, 0.1) is 10.0 Å². The Balaban J connectivity index is 1.67. The van der Waals surface area contributed by atoms with Crippen molar-refractivity contribution in [1.29, 1.82) is 0 Å². The molecule has 0 aromatic carbocycles. The molecule has 3 rings (SSSR count). The number of pyridine rings is 1. The molecular weight excluding hydrogens is 271 g/mol. The quantitative estimate of drug-likeness (QED) is 0.897. The molecule has 1 aromatic heterocycles. The number of hydrogen-bond acceptors (Lipinski definition) is 4. The Morgan fingerprint density at radius 1 is 1.28 bits per heavy atom. The molecule has 2 fully saturated rings. The first-order chi connectivity index (χ1) is 8.63. The second-order valence-corrected chi connectivity index (χ2v) is 5.86. The zero-order chi connectivity index (χ0) is 12.7. The van der Waals surface area contributed by atoms with E-state index in [2.05, 4.69) is 15.2 Å². The summed E-state index contributed by atoms with van der Waals surface area (Å²) in [5.41, 5.74) is 5.70. The Kier molecular flexibility index (Phi) is 3.26. The largest absolute Gasteiger partial charge is 0.382 e. The van der Waals surface area contributed by atoms with Gasteiger partial charge in [-0.15, -0.1) is 0 Å². The van der Waals surface area contributed by atoms with Crippen LogP contribution in [-0.2, 0) is 0 Å². The van der Waals surface area contributed by atoms with Crippen molar-refractivity contribution in [2.45, 2.75) is 31.3 Å². The highest BCUT2D eigenvalue weighted by Gasteiger charge is 2.34. The Hall–Kier alpha value is -0.710. The third-order valence-electron chi connectivity index (χ3n) is 3.58. The molecule has 1 aliphatic heterocycles. The van der Waals surface area contributed by atoms with Gasteiger partial charge < -0.3 is 11.1 Å². The van der Waals surface area contributed by atoms with Gasteiger partial charge in [-0.1, -0.05) is 23.2 Å². The molecule has 0 radical (unpaired) electrons. The second kappa shape index (κ2) is 4.76. The Labute approximate surface area is 116 Å². The smallest absolute Gasteiger partial charge is 0.147 e. The SMILES string of the molecule is Nc1nc(NC2CCN(C3CC3)C2)c(Cl)cc1Cl. The molecule has 6 heteroatoms. The van der Waals surface area contributed by atoms with Gasteiger partial charge >= 0.3 is 0 Å². The molecule has 1 atom stereocenters. The van der Waals surface area contributed by atoms with Gasteiger partial charge in [-0.25, -0.2) is 4.98 Å². The van der Waals surface area contributed by atoms with Gasteiger partial charge in [-0.2, -0.15) is 0 Å². The highest BCUT2D eigenvalue weighted by atomic mass is 35.5. The van der Waals surface area contributed by atoms with Crippen molar-refractivity contribution in [1.82, 2.24) is 9.88 Å². The van der Waals surface area contributed by atoms with Crippen LogP contribution in [0.15, 0.2) is 6.07 Å². The molecule has 3 N–H and O–H groups in total. The van der Waals surface area contributed by atoms with Gasteiger partial charge in [0.15, 0.2) is 0 Å². The monoisotopic (exact) mass is 286 g/mol. The number of likely N-dealkylation sites (tertiary alicyclic amines) is 1. The molecule has 0 amide bonds. The third kappa shape index (κ3) is 2.51. The summed E-state index contributed by atoms with van der Waals surface area (Å²) in [5.74, 6) is 0.960. The van der Waals surface area contributed by atoms with Crippen LogP contribution in [0, 0.1) is 0 Å². The first-order valence-electron chi connectivity index (χ1n) is 6.25. The van der Waals surface area contributed by atoms with E-state index < -0.39 is 0 Å². The fourth-order valence-corrected chi connectivity index (χ4v) is 2.86. The standard InChI is InChI=1S/C12H16Cl2N4/c13-9-5-10(14)12(17-11(9)15)16-7-3-4-18(6-7)8-1-2-8/h5,7-8H,1-4,6H2,(H3,15,16,17). The molecule has 2 aliphatic rings. The fourth-order valence-electron chi connectivity index (χ4n) is 2.45. The normalized spacial score (nSPS) is 24.4. The van der Waals surface area contributed by atoms with Crippen LogP contribution in [0.1, 0.15) is 19.3 Å². The average Bonchev–Trinajstić information content (AvgIpc) is 3.07. The van der Waals surface area contributed by atoms with Crippen LogP contribution in [0.25, 0.3) is 0 Å². The summed E-state index contributed by atoms with van der Waals surface area (Å²) >= 11 is 12.0. The van der Waals surface area contributed by atoms with Gasteiger partial charge in [0.1, 0.15) is 11.6 Å². The van der Waals surface area contributed by atoms with Gasteiger partial charge in [-0.3, -0.25) is 4.90 Å². The second-order valence-electron chi connectivity index (χ2n) is 5.04. The third-order valence-corrected chi connectivity index (χ3v) is 4.17. The molecule has 1 saturated heterocycles. The highest BCUT2D eigenvalue weighted by molar-refractivity contribution is 6.37. The van der Waals surface area contributed by atoms with E-state index in [-0.39, 0.29) is 0 Å². The summed E-state index contributed by atoms with van der Waals surface area (Å²) in [6, 6.07) is 2.85. The van der Waals surface area contributed by atoms with E-state index in [4.69, 9.17) is 28.9 Å². The van der Waals surface area contributed by atoms with Crippen molar-refractivity contribution in [2.75, 3.05) is 24.1 Å². The minimum atomic E-state index is 0.320. The topological polar surface area (TPSA) is 54.2 Å². The summed E-state index contributed by atoms with van der Waals surface area (Å²) in [7, 11) is 0. The van der Waals surface area contributed by atoms with Gasteiger partial charge in [-0.05, 0) is 25.3 Å². The summed E-state index contributed by atoms with van der Waals surface area (Å²) in [6.45, 7) is 2.22. The van der Waals surface area contributed by atoms with E-state index in [0.717, 1.165) is 25.6 Å². The van der Waals surface area contributed by atoms with E-state index >= 15 is 0 Å². The molecule has 98 valence electrons. The predicted molar refractivity (Wildman–Crippen MR) is 75.3 cm³/mol. The zero-order valence-electron chi connectivity index (χ0n) is 10.00. The lowest BCUT2D eigenvalue weighted by Crippen LogP contribution is -2.28. The maximum absolute atomic E-state index is 6.11. The number of nitrogen functional groups attached to an aromatic ring is 1. The highest BCUT2D eigenvalue weighted by Crippen LogP contribution is 2.32. The number of nitrogens with two attached hydrogens (primary N) is 1. The number of nitrogens with zero attached hydrogens (tertiary/aromatic N) is 2. The van der Waals surface area contributed by atoms with Crippen molar-refractivity contribution in [2.24, 2.45) is 0 Å². The van der Waals surface area contributed by atoms with Crippen molar-refractivity contribution >= 4 is 34.8 Å². The number of halogens is 2. The Morgan fingerprint density at radius 3 is 2.78 bits per heavy atom. The summed E-state index contributed by atoms with van der Waals surface area (Å²) in [6.07, 6.45) is 3.82. The fraction of sp³-hybridized carbons (Fsp3) is 0.583. The molecule has 2 heterocycles. The number of aromatic nitrogens is 1. The molecule has 1 aliphatic carbocycles. The van der Waals surface area contributed by atoms with Crippen LogP contribution in [0.3, 0.4) is 0 Å². The van der Waals surface area contributed by atoms with E-state index in [1.807, 2.05) is 0 Å². The van der Waals surface area contributed by atoms with Crippen LogP contribution < -0.4 is 11.1 Å². The minimum absolute atomic E-state index is 0.320. The molecule has 1 aromatic rings. The average molecular weight is 287 g/mol. The molecule has 0 bridgehead atoms. The minimum Gasteiger partial charge on any atom is -0.382 e. The maximum atomic E-state index is 6.11. The van der Waals surface area contributed by atoms with Gasteiger partial charge in [0, 0.05) is 25.2 Å². The van der Waals surface area contributed by atoms with Crippen LogP contribution in [0.5, 0.6) is 0 Å². The lowest BCUT2D eigenvalue weighted by atomic mass is 10.2. The Bertz CT molecular complexity index is 462. The lowest BCUT2D eigenvalue weighted by Gasteiger charge is -2.17. The number of anilines is 2. The van der Waals surface area contributed by atoms with Crippen molar-refractivity contribution < 1.29 is 0 Å². The Morgan fingerprint density at radius 2 is 2.06 bits per heavy atom. The molecule has 0 spiro atoms. The van der Waals surface area contributed by atoms with Crippen molar-refractivity contribution in [3.05, 3.63) is 16.1 Å². The van der Waals surface area contributed by atoms with Gasteiger partial charge in [0.2, 0.25) is 0 Å². The van der Waals surface area contributed by atoms with Crippen LogP contribution >= 0.6 is 23.2 Å². The molecular formula is C12H16Cl2N4. The van der Waals surface area contributed by atoms with E-state index in [1.54, 1.807) is 6.07 Å². The van der Waals surface area contributed by atoms with Crippen LogP contribution in [-0.4, -0.2) is 35.1 Å². The first-order valence-corrected chi connectivity index (χ1v) is 7.01. The van der Waals surface area contributed by atoms with Crippen LogP contribution in [0.2, 0.25) is 10.0 Å². The van der Waals surface area contributed by atoms with E-state index in [9.17, 15) is 0 Å². The number of rotatable bonds is 3. The van der Waals surface area contributed by atoms with Crippen molar-refractivity contribution in [3.8, 4) is 0 Å². The first kappa shape index (κ1) is 12.3. The number of nitrogens with one attached hydrogen (secondary N) is 1. The van der Waals surface area contributed by atoms with E-state index in [0.29, 0.717) is 27.7 Å². The van der Waals surface area contributed by atoms with Crippen LogP contribution in [0.4, 0.5) is 11.6 Å². The molecule has 4 nitrogen and oxygen atoms in total. The summed E-state index contributed by atoms with van der Waals surface area (Å²) in [5, 5.41) is 4.29. The zero-order valence-corrected chi connectivity index (χ0v) is 11.5. The summed E-state index contributed by atoms with van der Waals surface area (Å²) in [4.78, 5) is 6.74. The maximum Gasteiger partial charge on any atom is 0.147 e. The lowest BCUT2D eigenvalue weighted by molar-refractivity contribution is 0.326. The van der Waals surface area contributed by atoms with Gasteiger partial charge in [0.25, 0.3) is 0 Å². The molecule has 1 saturated carbocycles. The summed E-state index contributed by atoms with van der Waals surface area (Å²) < 4.78 is 0. The van der Waals surface area contributed by atoms with E-state index in [1.165, 1.54) is 12.8 Å². The molecule has 18 heavy (non-hydrogen) atoms. The molecule has 1 unspecified atom stereocenters. The number of hydrogen-bond donors (Lipinski definition) is 2. The van der Waals surface area contributed by atoms with Crippen molar-refractivity contribution in [3.63, 3.8) is 0 Å². The predicted octanol–water partition coefficient (Wildman–Crippen LogP) is 2.62.